The topological polar surface area (TPSA) is 71.4 Å². The number of aromatic amines is 1. The number of aromatic nitrogens is 3. The predicted octanol–water partition coefficient (Wildman–Crippen LogP) is 2.85. The first-order chi connectivity index (χ1) is 11.6. The number of fused-ring (bicyclic) bond motifs is 3. The maximum atomic E-state index is 12.3. The van der Waals surface area contributed by atoms with Crippen molar-refractivity contribution >= 4 is 29.0 Å². The van der Waals surface area contributed by atoms with Crippen molar-refractivity contribution in [2.75, 3.05) is 13.1 Å². The zero-order chi connectivity index (χ0) is 16.7. The molecular formula is C18H23ClN4O2. The first-order valence-corrected chi connectivity index (χ1v) is 8.55. The van der Waals surface area contributed by atoms with Crippen LogP contribution in [0.3, 0.4) is 0 Å². The van der Waals surface area contributed by atoms with Gasteiger partial charge in [0.05, 0.1) is 22.7 Å². The Balaban J connectivity index is 0.00000182. The molecule has 1 saturated heterocycles. The standard InChI is InChI=1S/C18H22N4O2.ClH/c1-11(2)24-15-5-3-4-13-17(15)18-20-16(23)10-14(22(18)21-13)12-6-8-19-9-7-12;/h3-5,10-12,19H,6-9H2,1-2H3,(H,20,23);1H. The monoisotopic (exact) mass is 362 g/mol. The number of nitrogens with zero attached hydrogens (tertiary/aromatic N) is 2. The van der Waals surface area contributed by atoms with E-state index >= 15 is 0 Å². The molecular weight excluding hydrogens is 340 g/mol. The third-order valence-corrected chi connectivity index (χ3v) is 4.55. The maximum Gasteiger partial charge on any atom is 0.251 e. The van der Waals surface area contributed by atoms with Gasteiger partial charge in [0.15, 0.2) is 0 Å². The summed E-state index contributed by atoms with van der Waals surface area (Å²) in [5.74, 6) is 1.11. The fourth-order valence-electron chi connectivity index (χ4n) is 3.52. The Morgan fingerprint density at radius 1 is 1.28 bits per heavy atom. The smallest absolute Gasteiger partial charge is 0.251 e. The van der Waals surface area contributed by atoms with Gasteiger partial charge in [-0.1, -0.05) is 6.07 Å². The van der Waals surface area contributed by atoms with Crippen LogP contribution in [0.15, 0.2) is 29.1 Å². The quantitative estimate of drug-likeness (QED) is 0.751. The maximum absolute atomic E-state index is 12.3. The van der Waals surface area contributed by atoms with Crippen LogP contribution < -0.4 is 15.6 Å². The van der Waals surface area contributed by atoms with Crippen LogP contribution in [0.4, 0.5) is 0 Å². The number of nitrogens with one attached hydrogen (secondary N) is 2. The van der Waals surface area contributed by atoms with Crippen molar-refractivity contribution in [2.24, 2.45) is 0 Å². The Bertz CT molecular complexity index is 941. The molecule has 0 saturated carbocycles. The van der Waals surface area contributed by atoms with E-state index in [9.17, 15) is 4.79 Å². The number of rotatable bonds is 3. The SMILES string of the molecule is CC(C)Oc1cccc2nn3c(C4CCNCC4)cc(=O)[nH]c3c12.Cl. The second-order valence-electron chi connectivity index (χ2n) is 6.66. The molecule has 7 heteroatoms. The van der Waals surface area contributed by atoms with Crippen LogP contribution >= 0.6 is 12.4 Å². The molecule has 0 amide bonds. The fraction of sp³-hybridized carbons (Fsp3) is 0.444. The summed E-state index contributed by atoms with van der Waals surface area (Å²) in [6.07, 6.45) is 2.10. The second kappa shape index (κ2) is 7.06. The average molecular weight is 363 g/mol. The normalized spacial score (nSPS) is 15.6. The average Bonchev–Trinajstić information content (AvgIpc) is 2.94. The number of hydrogen-bond acceptors (Lipinski definition) is 4. The highest BCUT2D eigenvalue weighted by Gasteiger charge is 2.21. The molecule has 0 atom stereocenters. The summed E-state index contributed by atoms with van der Waals surface area (Å²) in [5.41, 5.74) is 2.46. The van der Waals surface area contributed by atoms with Gasteiger partial charge in [-0.3, -0.25) is 4.79 Å². The summed E-state index contributed by atoms with van der Waals surface area (Å²) >= 11 is 0. The molecule has 0 spiro atoms. The van der Waals surface area contributed by atoms with E-state index in [1.807, 2.05) is 36.6 Å². The molecule has 1 aromatic carbocycles. The number of benzene rings is 1. The van der Waals surface area contributed by atoms with Crippen LogP contribution in [0.5, 0.6) is 5.75 Å². The van der Waals surface area contributed by atoms with Crippen molar-refractivity contribution in [2.45, 2.75) is 38.7 Å². The van der Waals surface area contributed by atoms with Crippen molar-refractivity contribution in [1.82, 2.24) is 19.9 Å². The lowest BCUT2D eigenvalue weighted by Crippen LogP contribution is -2.28. The van der Waals surface area contributed by atoms with Gasteiger partial charge in [-0.25, -0.2) is 4.52 Å². The molecule has 1 aliphatic heterocycles. The minimum Gasteiger partial charge on any atom is -0.490 e. The number of halogens is 1. The Morgan fingerprint density at radius 3 is 2.76 bits per heavy atom. The van der Waals surface area contributed by atoms with Gasteiger partial charge in [-0.05, 0) is 51.9 Å². The molecule has 0 bridgehead atoms. The summed E-state index contributed by atoms with van der Waals surface area (Å²) in [7, 11) is 0. The Labute approximate surface area is 152 Å². The van der Waals surface area contributed by atoms with E-state index in [4.69, 9.17) is 9.84 Å². The van der Waals surface area contributed by atoms with Gasteiger partial charge in [0.25, 0.3) is 5.56 Å². The van der Waals surface area contributed by atoms with Crippen LogP contribution in [0.2, 0.25) is 0 Å². The van der Waals surface area contributed by atoms with E-state index in [1.165, 1.54) is 0 Å². The zero-order valence-corrected chi connectivity index (χ0v) is 15.2. The molecule has 0 radical (unpaired) electrons. The molecule has 3 aromatic rings. The number of ether oxygens (including phenoxy) is 1. The third kappa shape index (κ3) is 3.24. The summed E-state index contributed by atoms with van der Waals surface area (Å²) in [4.78, 5) is 15.2. The van der Waals surface area contributed by atoms with Crippen LogP contribution in [0, 0.1) is 0 Å². The third-order valence-electron chi connectivity index (χ3n) is 4.55. The summed E-state index contributed by atoms with van der Waals surface area (Å²) in [5, 5.41) is 8.99. The fourth-order valence-corrected chi connectivity index (χ4v) is 3.52. The van der Waals surface area contributed by atoms with Crippen molar-refractivity contribution in [3.8, 4) is 5.75 Å². The van der Waals surface area contributed by atoms with E-state index in [0.717, 1.165) is 53.9 Å². The molecule has 134 valence electrons. The van der Waals surface area contributed by atoms with E-state index in [2.05, 4.69) is 10.3 Å². The highest BCUT2D eigenvalue weighted by Crippen LogP contribution is 2.31. The first kappa shape index (κ1) is 17.8. The minimum absolute atomic E-state index is 0. The molecule has 1 fully saturated rings. The van der Waals surface area contributed by atoms with Gasteiger partial charge in [0.1, 0.15) is 11.4 Å². The van der Waals surface area contributed by atoms with Crippen LogP contribution in [0.1, 0.15) is 38.3 Å². The molecule has 0 unspecified atom stereocenters. The summed E-state index contributed by atoms with van der Waals surface area (Å²) in [6.45, 7) is 5.93. The lowest BCUT2D eigenvalue weighted by Gasteiger charge is -2.23. The molecule has 6 nitrogen and oxygen atoms in total. The Hall–Kier alpha value is -2.05. The Kier molecular flexibility index (Phi) is 5.01. The van der Waals surface area contributed by atoms with E-state index in [1.54, 1.807) is 6.07 Å². The highest BCUT2D eigenvalue weighted by atomic mass is 35.5. The number of piperidine rings is 1. The van der Waals surface area contributed by atoms with E-state index in [0.29, 0.717) is 5.92 Å². The molecule has 0 aliphatic carbocycles. The summed E-state index contributed by atoms with van der Waals surface area (Å²) in [6, 6.07) is 7.52. The lowest BCUT2D eigenvalue weighted by molar-refractivity contribution is 0.245. The van der Waals surface area contributed by atoms with Gasteiger partial charge in [-0.15, -0.1) is 12.4 Å². The van der Waals surface area contributed by atoms with Crippen LogP contribution in [-0.4, -0.2) is 33.8 Å². The number of hydrogen-bond donors (Lipinski definition) is 2. The zero-order valence-electron chi connectivity index (χ0n) is 14.4. The van der Waals surface area contributed by atoms with Crippen LogP contribution in [-0.2, 0) is 0 Å². The number of H-pyrrole nitrogens is 1. The van der Waals surface area contributed by atoms with E-state index in [-0.39, 0.29) is 24.1 Å². The van der Waals surface area contributed by atoms with Crippen molar-refractivity contribution in [1.29, 1.82) is 0 Å². The molecule has 3 heterocycles. The largest absolute Gasteiger partial charge is 0.490 e. The summed E-state index contributed by atoms with van der Waals surface area (Å²) < 4.78 is 7.83. The minimum atomic E-state index is -0.0859. The molecule has 2 aromatic heterocycles. The molecule has 1 aliphatic rings. The highest BCUT2D eigenvalue weighted by molar-refractivity contribution is 5.97. The molecule has 4 rings (SSSR count). The van der Waals surface area contributed by atoms with Gasteiger partial charge in [-0.2, -0.15) is 5.10 Å². The van der Waals surface area contributed by atoms with Crippen LogP contribution in [0.25, 0.3) is 16.6 Å². The second-order valence-corrected chi connectivity index (χ2v) is 6.66. The first-order valence-electron chi connectivity index (χ1n) is 8.55. The van der Waals surface area contributed by atoms with Crippen molar-refractivity contribution in [3.63, 3.8) is 0 Å². The van der Waals surface area contributed by atoms with Crippen molar-refractivity contribution in [3.05, 3.63) is 40.3 Å². The predicted molar refractivity (Wildman–Crippen MR) is 101 cm³/mol. The lowest BCUT2D eigenvalue weighted by atomic mass is 9.94. The van der Waals surface area contributed by atoms with Gasteiger partial charge >= 0.3 is 0 Å². The molecule has 25 heavy (non-hydrogen) atoms. The van der Waals surface area contributed by atoms with Gasteiger partial charge in [0.2, 0.25) is 0 Å². The van der Waals surface area contributed by atoms with E-state index < -0.39 is 0 Å². The van der Waals surface area contributed by atoms with Gasteiger partial charge < -0.3 is 15.0 Å². The van der Waals surface area contributed by atoms with Crippen molar-refractivity contribution < 1.29 is 4.74 Å². The van der Waals surface area contributed by atoms with Gasteiger partial charge in [0, 0.05) is 12.0 Å². The Morgan fingerprint density at radius 2 is 2.04 bits per heavy atom. The molecule has 2 N–H and O–H groups in total.